The third-order valence-electron chi connectivity index (χ3n) is 7.18. The average molecular weight is 422 g/mol. The minimum atomic E-state index is -0.165. The summed E-state index contributed by atoms with van der Waals surface area (Å²) in [7, 11) is 0. The Hall–Kier alpha value is -2.40. The van der Waals surface area contributed by atoms with E-state index in [1.807, 2.05) is 0 Å². The number of hydrogen-bond acceptors (Lipinski definition) is 3. The molecule has 1 saturated carbocycles. The summed E-state index contributed by atoms with van der Waals surface area (Å²) in [6.45, 7) is 6.37. The molecule has 4 rings (SSSR count). The summed E-state index contributed by atoms with van der Waals surface area (Å²) in [6.07, 6.45) is 9.59. The first-order chi connectivity index (χ1) is 15.1. The van der Waals surface area contributed by atoms with E-state index in [1.165, 1.54) is 30.0 Å². The highest BCUT2D eigenvalue weighted by Gasteiger charge is 2.31. The lowest BCUT2D eigenvalue weighted by molar-refractivity contribution is 0.0598. The van der Waals surface area contributed by atoms with Crippen LogP contribution in [0.1, 0.15) is 60.0 Å². The van der Waals surface area contributed by atoms with Gasteiger partial charge < -0.3 is 14.8 Å². The van der Waals surface area contributed by atoms with Gasteiger partial charge in [-0.15, -0.1) is 0 Å². The molecule has 1 aliphatic carbocycles. The number of amides is 1. The zero-order valence-corrected chi connectivity index (χ0v) is 18.7. The van der Waals surface area contributed by atoms with Crippen molar-refractivity contribution in [1.82, 2.24) is 14.8 Å². The van der Waals surface area contributed by atoms with Crippen molar-refractivity contribution in [2.75, 3.05) is 26.2 Å². The van der Waals surface area contributed by atoms with E-state index in [0.717, 1.165) is 58.3 Å². The quantitative estimate of drug-likeness (QED) is 0.735. The van der Waals surface area contributed by atoms with Crippen LogP contribution in [0, 0.1) is 12.8 Å². The molecule has 166 valence electrons. The largest absolute Gasteiger partial charge is 0.335 e. The molecule has 2 heterocycles. The van der Waals surface area contributed by atoms with Gasteiger partial charge >= 0.3 is 0 Å². The molecular formula is C26H35N3O2. The van der Waals surface area contributed by atoms with E-state index >= 15 is 0 Å². The van der Waals surface area contributed by atoms with Crippen LogP contribution < -0.4 is 5.56 Å². The van der Waals surface area contributed by atoms with Gasteiger partial charge in [0.2, 0.25) is 5.56 Å². The van der Waals surface area contributed by atoms with Gasteiger partial charge in [0.15, 0.2) is 0 Å². The second-order valence-corrected chi connectivity index (χ2v) is 9.30. The molecule has 1 N–H and O–H groups in total. The molecule has 0 unspecified atom stereocenters. The Morgan fingerprint density at radius 1 is 1.06 bits per heavy atom. The van der Waals surface area contributed by atoms with Gasteiger partial charge in [0.05, 0.1) is 5.56 Å². The number of nitrogens with zero attached hydrogens (tertiary/aromatic N) is 2. The number of hydrogen-bond donors (Lipinski definition) is 1. The fourth-order valence-electron chi connectivity index (χ4n) is 5.16. The molecule has 2 fully saturated rings. The van der Waals surface area contributed by atoms with Gasteiger partial charge in [-0.3, -0.25) is 9.59 Å². The summed E-state index contributed by atoms with van der Waals surface area (Å²) in [6, 6.07) is 12.1. The van der Waals surface area contributed by atoms with Gasteiger partial charge in [0.1, 0.15) is 0 Å². The van der Waals surface area contributed by atoms with Crippen molar-refractivity contribution in [3.05, 3.63) is 69.6 Å². The number of H-pyrrole nitrogens is 1. The Labute approximate surface area is 185 Å². The van der Waals surface area contributed by atoms with Crippen LogP contribution in [0.3, 0.4) is 0 Å². The number of carbonyl (C=O) groups excluding carboxylic acids is 1. The Morgan fingerprint density at radius 2 is 1.81 bits per heavy atom. The predicted molar refractivity (Wildman–Crippen MR) is 124 cm³/mol. The van der Waals surface area contributed by atoms with Crippen molar-refractivity contribution in [2.24, 2.45) is 5.92 Å². The zero-order valence-electron chi connectivity index (χ0n) is 18.7. The third-order valence-corrected chi connectivity index (χ3v) is 7.18. The second kappa shape index (κ2) is 10.3. The molecule has 1 aliphatic heterocycles. The van der Waals surface area contributed by atoms with Crippen LogP contribution in [0.4, 0.5) is 0 Å². The average Bonchev–Trinajstić information content (AvgIpc) is 3.32. The number of carbonyl (C=O) groups is 1. The smallest absolute Gasteiger partial charge is 0.255 e. The maximum Gasteiger partial charge on any atom is 0.255 e. The fraction of sp³-hybridized carbons (Fsp3) is 0.538. The van der Waals surface area contributed by atoms with Crippen LogP contribution in [0.15, 0.2) is 47.4 Å². The first-order valence-electron chi connectivity index (χ1n) is 11.9. The Kier molecular flexibility index (Phi) is 7.23. The van der Waals surface area contributed by atoms with E-state index in [0.29, 0.717) is 17.5 Å². The van der Waals surface area contributed by atoms with E-state index in [4.69, 9.17) is 0 Å². The lowest BCUT2D eigenvalue weighted by Crippen LogP contribution is -2.45. The standard InChI is InChI=1S/C26H35N3O2/c1-20-6-2-3-7-22(20)14-17-28-15-12-21(13-16-28)19-29(24-8-4-5-9-24)26(31)23-10-11-25(30)27-18-23/h2-3,6-7,10-11,18,21,24H,4-5,8-9,12-17,19H2,1H3,(H,27,30). The van der Waals surface area contributed by atoms with Crippen LogP contribution in [-0.4, -0.2) is 52.9 Å². The van der Waals surface area contributed by atoms with Crippen LogP contribution >= 0.6 is 0 Å². The molecule has 0 spiro atoms. The van der Waals surface area contributed by atoms with Crippen LogP contribution in [0.25, 0.3) is 0 Å². The molecule has 1 amide bonds. The zero-order chi connectivity index (χ0) is 21.6. The molecule has 0 radical (unpaired) electrons. The van der Waals surface area contributed by atoms with Gasteiger partial charge in [-0.1, -0.05) is 37.1 Å². The Bertz CT molecular complexity index is 904. The van der Waals surface area contributed by atoms with E-state index in [2.05, 4.69) is 46.0 Å². The van der Waals surface area contributed by atoms with Crippen molar-refractivity contribution in [2.45, 2.75) is 57.9 Å². The SMILES string of the molecule is Cc1ccccc1CCN1CCC(CN(C(=O)c2ccc(=O)[nH]c2)C2CCCC2)CC1. The van der Waals surface area contributed by atoms with Crippen molar-refractivity contribution in [1.29, 1.82) is 0 Å². The van der Waals surface area contributed by atoms with Gasteiger partial charge in [-0.25, -0.2) is 0 Å². The number of aryl methyl sites for hydroxylation is 1. The number of pyridine rings is 1. The highest BCUT2D eigenvalue weighted by atomic mass is 16.2. The van der Waals surface area contributed by atoms with E-state index < -0.39 is 0 Å². The molecule has 5 heteroatoms. The molecule has 1 saturated heterocycles. The molecule has 1 aromatic carbocycles. The summed E-state index contributed by atoms with van der Waals surface area (Å²) in [5.74, 6) is 0.632. The van der Waals surface area contributed by atoms with Crippen molar-refractivity contribution >= 4 is 5.91 Å². The lowest BCUT2D eigenvalue weighted by atomic mass is 9.94. The number of nitrogens with one attached hydrogen (secondary N) is 1. The summed E-state index contributed by atoms with van der Waals surface area (Å²) in [5.41, 5.74) is 3.26. The molecular weight excluding hydrogens is 386 g/mol. The highest BCUT2D eigenvalue weighted by Crippen LogP contribution is 2.28. The van der Waals surface area contributed by atoms with Gasteiger partial charge in [-0.2, -0.15) is 0 Å². The first kappa shape index (κ1) is 21.8. The summed E-state index contributed by atoms with van der Waals surface area (Å²) < 4.78 is 0. The van der Waals surface area contributed by atoms with Gasteiger partial charge in [0.25, 0.3) is 5.91 Å². The number of aromatic amines is 1. The second-order valence-electron chi connectivity index (χ2n) is 9.30. The van der Waals surface area contributed by atoms with Crippen molar-refractivity contribution < 1.29 is 4.79 Å². The van der Waals surface area contributed by atoms with Crippen molar-refractivity contribution in [3.63, 3.8) is 0 Å². The van der Waals surface area contributed by atoms with Crippen LogP contribution in [0.2, 0.25) is 0 Å². The topological polar surface area (TPSA) is 56.4 Å². The Balaban J connectivity index is 1.33. The number of likely N-dealkylation sites (tertiary alicyclic amines) is 1. The summed E-state index contributed by atoms with van der Waals surface area (Å²) >= 11 is 0. The van der Waals surface area contributed by atoms with Crippen LogP contribution in [0.5, 0.6) is 0 Å². The number of piperidine rings is 1. The monoisotopic (exact) mass is 421 g/mol. The van der Waals surface area contributed by atoms with Gasteiger partial charge in [-0.05, 0) is 75.2 Å². The number of aromatic nitrogens is 1. The maximum absolute atomic E-state index is 13.3. The maximum atomic E-state index is 13.3. The van der Waals surface area contributed by atoms with Gasteiger partial charge in [0, 0.05) is 31.4 Å². The van der Waals surface area contributed by atoms with E-state index in [-0.39, 0.29) is 11.5 Å². The summed E-state index contributed by atoms with van der Waals surface area (Å²) in [5, 5.41) is 0. The third kappa shape index (κ3) is 5.65. The predicted octanol–water partition coefficient (Wildman–Crippen LogP) is 4.02. The molecule has 2 aliphatic rings. The minimum Gasteiger partial charge on any atom is -0.335 e. The molecule has 2 aromatic rings. The highest BCUT2D eigenvalue weighted by molar-refractivity contribution is 5.94. The molecule has 0 bridgehead atoms. The number of benzene rings is 1. The normalized spacial score (nSPS) is 18.4. The van der Waals surface area contributed by atoms with Crippen molar-refractivity contribution in [3.8, 4) is 0 Å². The molecule has 0 atom stereocenters. The molecule has 1 aromatic heterocycles. The first-order valence-corrected chi connectivity index (χ1v) is 11.9. The minimum absolute atomic E-state index is 0.0742. The van der Waals surface area contributed by atoms with E-state index in [1.54, 1.807) is 12.3 Å². The number of rotatable bonds is 7. The molecule has 31 heavy (non-hydrogen) atoms. The molecule has 5 nitrogen and oxygen atoms in total. The van der Waals surface area contributed by atoms with Crippen LogP contribution in [-0.2, 0) is 6.42 Å². The Morgan fingerprint density at radius 3 is 2.48 bits per heavy atom. The summed E-state index contributed by atoms with van der Waals surface area (Å²) in [4.78, 5) is 32.0. The van der Waals surface area contributed by atoms with E-state index in [9.17, 15) is 9.59 Å². The fourth-order valence-corrected chi connectivity index (χ4v) is 5.16. The lowest BCUT2D eigenvalue weighted by Gasteiger charge is -2.37.